The molecule has 0 aliphatic heterocycles. The lowest BCUT2D eigenvalue weighted by molar-refractivity contribution is -0.153. The number of carbonyl (C=O) groups is 1. The van der Waals surface area contributed by atoms with E-state index in [1.807, 2.05) is 6.92 Å². The van der Waals surface area contributed by atoms with Gasteiger partial charge < -0.3 is 20.3 Å². The van der Waals surface area contributed by atoms with Crippen molar-refractivity contribution in [2.75, 3.05) is 33.8 Å². The van der Waals surface area contributed by atoms with E-state index >= 15 is 0 Å². The Hall–Kier alpha value is -2.45. The molecule has 0 spiro atoms. The Bertz CT molecular complexity index is 646. The minimum absolute atomic E-state index is 0.0141. The first kappa shape index (κ1) is 22.6. The standard InChI is InChI=1S/C18H27F3N4O2/c1-5-22-17(23-9-8-16(26)25(3)4)24-11-14-7-6-13(2)10-15(14)27-12-18(19,20)21/h6-7,10H,5,8-9,11-12H2,1-4H3,(H2,22,23,24). The minimum Gasteiger partial charge on any atom is -0.484 e. The summed E-state index contributed by atoms with van der Waals surface area (Å²) in [5.41, 5.74) is 1.35. The van der Waals surface area contributed by atoms with Crippen LogP contribution in [0.5, 0.6) is 5.75 Å². The fourth-order valence-electron chi connectivity index (χ4n) is 2.10. The van der Waals surface area contributed by atoms with E-state index in [1.165, 1.54) is 4.90 Å². The number of aliphatic imine (C=N–C) groups is 1. The number of rotatable bonds is 8. The summed E-state index contributed by atoms with van der Waals surface area (Å²) < 4.78 is 42.3. The van der Waals surface area contributed by atoms with Crippen LogP contribution in [0.3, 0.4) is 0 Å². The van der Waals surface area contributed by atoms with Crippen molar-refractivity contribution >= 4 is 11.9 Å². The summed E-state index contributed by atoms with van der Waals surface area (Å²) >= 11 is 0. The normalized spacial score (nSPS) is 11.9. The smallest absolute Gasteiger partial charge is 0.422 e. The highest BCUT2D eigenvalue weighted by Crippen LogP contribution is 2.24. The number of hydrogen-bond donors (Lipinski definition) is 2. The van der Waals surface area contributed by atoms with Crippen molar-refractivity contribution in [3.63, 3.8) is 0 Å². The first-order chi connectivity index (χ1) is 12.6. The molecule has 1 aromatic rings. The average Bonchev–Trinajstić information content (AvgIpc) is 2.58. The summed E-state index contributed by atoms with van der Waals surface area (Å²) in [7, 11) is 3.36. The number of benzene rings is 1. The molecule has 0 radical (unpaired) electrons. The number of nitrogens with one attached hydrogen (secondary N) is 2. The van der Waals surface area contributed by atoms with Crippen LogP contribution in [0.2, 0.25) is 0 Å². The highest BCUT2D eigenvalue weighted by atomic mass is 19.4. The van der Waals surface area contributed by atoms with Crippen molar-refractivity contribution in [2.24, 2.45) is 4.99 Å². The molecule has 1 aromatic carbocycles. The van der Waals surface area contributed by atoms with Crippen LogP contribution in [0.1, 0.15) is 24.5 Å². The number of aryl methyl sites for hydroxylation is 1. The van der Waals surface area contributed by atoms with Gasteiger partial charge in [-0.3, -0.25) is 4.79 Å². The molecule has 0 bridgehead atoms. The summed E-state index contributed by atoms with van der Waals surface area (Å²) in [6.45, 7) is 3.47. The van der Waals surface area contributed by atoms with Gasteiger partial charge in [-0.1, -0.05) is 12.1 Å². The number of alkyl halides is 3. The lowest BCUT2D eigenvalue weighted by atomic mass is 10.1. The molecule has 9 heteroatoms. The van der Waals surface area contributed by atoms with Gasteiger partial charge in [0.1, 0.15) is 5.75 Å². The van der Waals surface area contributed by atoms with Gasteiger partial charge in [-0.05, 0) is 25.5 Å². The van der Waals surface area contributed by atoms with Gasteiger partial charge >= 0.3 is 6.18 Å². The first-order valence-corrected chi connectivity index (χ1v) is 8.63. The molecule has 27 heavy (non-hydrogen) atoms. The molecule has 2 N–H and O–H groups in total. The average molecular weight is 388 g/mol. The topological polar surface area (TPSA) is 66.0 Å². The monoisotopic (exact) mass is 388 g/mol. The van der Waals surface area contributed by atoms with Gasteiger partial charge in [0.05, 0.1) is 6.54 Å². The number of nitrogens with zero attached hydrogens (tertiary/aromatic N) is 2. The maximum absolute atomic E-state index is 12.4. The maximum atomic E-state index is 12.4. The van der Waals surface area contributed by atoms with E-state index in [-0.39, 0.29) is 18.2 Å². The maximum Gasteiger partial charge on any atom is 0.422 e. The van der Waals surface area contributed by atoms with Crippen LogP contribution in [0.25, 0.3) is 0 Å². The molecular formula is C18H27F3N4O2. The van der Waals surface area contributed by atoms with Gasteiger partial charge in [0.2, 0.25) is 5.91 Å². The van der Waals surface area contributed by atoms with Crippen molar-refractivity contribution in [3.8, 4) is 5.75 Å². The molecule has 0 atom stereocenters. The Morgan fingerprint density at radius 2 is 1.96 bits per heavy atom. The van der Waals surface area contributed by atoms with E-state index < -0.39 is 12.8 Å². The van der Waals surface area contributed by atoms with Crippen LogP contribution in [0.4, 0.5) is 13.2 Å². The van der Waals surface area contributed by atoms with Crippen LogP contribution in [0.15, 0.2) is 23.2 Å². The lowest BCUT2D eigenvalue weighted by Gasteiger charge is -2.15. The molecule has 0 aromatic heterocycles. The molecule has 6 nitrogen and oxygen atoms in total. The van der Waals surface area contributed by atoms with Crippen LogP contribution < -0.4 is 15.4 Å². The number of carbonyl (C=O) groups excluding carboxylic acids is 1. The Morgan fingerprint density at radius 1 is 1.26 bits per heavy atom. The second kappa shape index (κ2) is 10.6. The molecule has 0 heterocycles. The zero-order chi connectivity index (χ0) is 20.4. The number of halogens is 3. The van der Waals surface area contributed by atoms with Crippen molar-refractivity contribution in [1.82, 2.24) is 15.5 Å². The van der Waals surface area contributed by atoms with Gasteiger partial charge in [-0.15, -0.1) is 0 Å². The van der Waals surface area contributed by atoms with Gasteiger partial charge in [0.25, 0.3) is 0 Å². The van der Waals surface area contributed by atoms with Crippen LogP contribution in [-0.4, -0.2) is 56.7 Å². The highest BCUT2D eigenvalue weighted by molar-refractivity contribution is 5.81. The van der Waals surface area contributed by atoms with E-state index in [1.54, 1.807) is 39.2 Å². The second-order valence-corrected chi connectivity index (χ2v) is 6.18. The predicted octanol–water partition coefficient (Wildman–Crippen LogP) is 2.47. The number of guanidine groups is 1. The molecule has 0 fully saturated rings. The molecule has 1 amide bonds. The molecule has 1 rings (SSSR count). The zero-order valence-corrected chi connectivity index (χ0v) is 16.1. The Kier molecular flexibility index (Phi) is 8.90. The van der Waals surface area contributed by atoms with Crippen LogP contribution in [-0.2, 0) is 11.3 Å². The summed E-state index contributed by atoms with van der Waals surface area (Å²) in [6, 6.07) is 5.05. The molecular weight excluding hydrogens is 361 g/mol. The third-order valence-corrected chi connectivity index (χ3v) is 3.50. The first-order valence-electron chi connectivity index (χ1n) is 8.63. The minimum atomic E-state index is -4.40. The zero-order valence-electron chi connectivity index (χ0n) is 16.1. The number of amides is 1. The van der Waals surface area contributed by atoms with Gasteiger partial charge in [-0.25, -0.2) is 4.99 Å². The SMILES string of the molecule is CCNC(=NCc1ccc(C)cc1OCC(F)(F)F)NCCC(=O)N(C)C. The lowest BCUT2D eigenvalue weighted by Crippen LogP contribution is -2.39. The largest absolute Gasteiger partial charge is 0.484 e. The summed E-state index contributed by atoms with van der Waals surface area (Å²) in [5, 5.41) is 6.07. The number of hydrogen-bond acceptors (Lipinski definition) is 3. The molecule has 0 aliphatic carbocycles. The van der Waals surface area contributed by atoms with E-state index in [4.69, 9.17) is 4.74 Å². The molecule has 0 saturated heterocycles. The van der Waals surface area contributed by atoms with Crippen molar-refractivity contribution in [2.45, 2.75) is 33.0 Å². The fourth-order valence-corrected chi connectivity index (χ4v) is 2.10. The van der Waals surface area contributed by atoms with Crippen molar-refractivity contribution in [1.29, 1.82) is 0 Å². The van der Waals surface area contributed by atoms with E-state index in [9.17, 15) is 18.0 Å². The van der Waals surface area contributed by atoms with Crippen LogP contribution in [0, 0.1) is 6.92 Å². The second-order valence-electron chi connectivity index (χ2n) is 6.18. The Morgan fingerprint density at radius 3 is 2.56 bits per heavy atom. The Labute approximate surface area is 157 Å². The Balaban J connectivity index is 2.78. The third-order valence-electron chi connectivity index (χ3n) is 3.50. The summed E-state index contributed by atoms with van der Waals surface area (Å²) in [6.07, 6.45) is -4.10. The third kappa shape index (κ3) is 9.16. The molecule has 152 valence electrons. The van der Waals surface area contributed by atoms with E-state index in [0.29, 0.717) is 31.0 Å². The summed E-state index contributed by atoms with van der Waals surface area (Å²) in [4.78, 5) is 17.5. The molecule has 0 aliphatic rings. The van der Waals surface area contributed by atoms with Crippen molar-refractivity contribution in [3.05, 3.63) is 29.3 Å². The quantitative estimate of drug-likeness (QED) is 0.530. The van der Waals surface area contributed by atoms with Crippen LogP contribution >= 0.6 is 0 Å². The van der Waals surface area contributed by atoms with Gasteiger partial charge in [-0.2, -0.15) is 13.2 Å². The number of ether oxygens (including phenoxy) is 1. The highest BCUT2D eigenvalue weighted by Gasteiger charge is 2.28. The van der Waals surface area contributed by atoms with Gasteiger partial charge in [0.15, 0.2) is 12.6 Å². The van der Waals surface area contributed by atoms with E-state index in [2.05, 4.69) is 15.6 Å². The molecule has 0 saturated carbocycles. The van der Waals surface area contributed by atoms with Crippen molar-refractivity contribution < 1.29 is 22.7 Å². The van der Waals surface area contributed by atoms with E-state index in [0.717, 1.165) is 5.56 Å². The summed E-state index contributed by atoms with van der Waals surface area (Å²) in [5.74, 6) is 0.626. The fraction of sp³-hybridized carbons (Fsp3) is 0.556. The van der Waals surface area contributed by atoms with Gasteiger partial charge in [0, 0.05) is 39.2 Å². The predicted molar refractivity (Wildman–Crippen MR) is 98.9 cm³/mol. The molecule has 0 unspecified atom stereocenters.